The van der Waals surface area contributed by atoms with Crippen molar-refractivity contribution in [3.8, 4) is 5.75 Å². The second-order valence-electron chi connectivity index (χ2n) is 8.17. The fourth-order valence-corrected chi connectivity index (χ4v) is 5.47. The Labute approximate surface area is 201 Å². The maximum Gasteiger partial charge on any atom is 0.416 e. The summed E-state index contributed by atoms with van der Waals surface area (Å²) < 4.78 is 73.6. The number of halogens is 3. The molecule has 2 aromatic carbocycles. The minimum atomic E-state index is -4.62. The van der Waals surface area contributed by atoms with Crippen LogP contribution in [0.4, 0.5) is 13.2 Å². The molecule has 0 N–H and O–H groups in total. The third kappa shape index (κ3) is 7.71. The number of nitrogens with zero attached hydrogens (tertiary/aromatic N) is 2. The smallest absolute Gasteiger partial charge is 0.416 e. The molecule has 1 atom stereocenters. The molecule has 190 valence electrons. The van der Waals surface area contributed by atoms with Gasteiger partial charge in [-0.2, -0.15) is 17.5 Å². The number of alkyl halides is 3. The Morgan fingerprint density at radius 2 is 1.65 bits per heavy atom. The van der Waals surface area contributed by atoms with E-state index in [1.807, 2.05) is 13.8 Å². The van der Waals surface area contributed by atoms with Gasteiger partial charge in [-0.3, -0.25) is 0 Å². The first-order valence-corrected chi connectivity index (χ1v) is 13.1. The topological polar surface area (TPSA) is 49.9 Å². The lowest BCUT2D eigenvalue weighted by molar-refractivity contribution is -0.137. The summed E-state index contributed by atoms with van der Waals surface area (Å²) in [6, 6.07) is 10.6. The minimum Gasteiger partial charge on any atom is -0.494 e. The number of hydrogen-bond acceptors (Lipinski definition) is 4. The molecule has 0 saturated carbocycles. The zero-order valence-corrected chi connectivity index (χ0v) is 21.1. The first-order chi connectivity index (χ1) is 16.0. The molecule has 0 amide bonds. The van der Waals surface area contributed by atoms with Crippen molar-refractivity contribution in [2.24, 2.45) is 0 Å². The lowest BCUT2D eigenvalue weighted by Gasteiger charge is -2.29. The highest BCUT2D eigenvalue weighted by Crippen LogP contribution is 2.32. The van der Waals surface area contributed by atoms with E-state index >= 15 is 0 Å². The molecule has 0 radical (unpaired) electrons. The predicted molar refractivity (Wildman–Crippen MR) is 128 cm³/mol. The SMILES string of the molecule is CCOc1ccc(CN(C(C)CCCN(CC)CC)S(=O)(=O)c2cccc(C(F)(F)F)c2)cc1. The van der Waals surface area contributed by atoms with Crippen molar-refractivity contribution in [1.29, 1.82) is 0 Å². The average molecular weight is 501 g/mol. The molecule has 0 spiro atoms. The fourth-order valence-electron chi connectivity index (χ4n) is 3.78. The molecule has 5 nitrogen and oxygen atoms in total. The lowest BCUT2D eigenvalue weighted by Crippen LogP contribution is -2.38. The molecule has 2 rings (SSSR count). The van der Waals surface area contributed by atoms with Gasteiger partial charge < -0.3 is 9.64 Å². The van der Waals surface area contributed by atoms with E-state index < -0.39 is 27.8 Å². The Morgan fingerprint density at radius 3 is 2.21 bits per heavy atom. The van der Waals surface area contributed by atoms with Crippen LogP contribution in [0.1, 0.15) is 51.7 Å². The Balaban J connectivity index is 2.34. The summed E-state index contributed by atoms with van der Waals surface area (Å²) in [5.74, 6) is 0.672. The molecule has 2 aromatic rings. The highest BCUT2D eigenvalue weighted by Gasteiger charge is 2.34. The zero-order chi connectivity index (χ0) is 25.4. The van der Waals surface area contributed by atoms with E-state index in [-0.39, 0.29) is 11.4 Å². The van der Waals surface area contributed by atoms with Crippen LogP contribution in [0, 0.1) is 0 Å². The molecule has 0 bridgehead atoms. The van der Waals surface area contributed by atoms with Gasteiger partial charge in [0, 0.05) is 12.6 Å². The average Bonchev–Trinajstić information content (AvgIpc) is 2.81. The Hall–Kier alpha value is -2.10. The number of hydrogen-bond donors (Lipinski definition) is 0. The van der Waals surface area contributed by atoms with Crippen molar-refractivity contribution in [3.05, 3.63) is 59.7 Å². The monoisotopic (exact) mass is 500 g/mol. The second kappa shape index (κ2) is 12.6. The van der Waals surface area contributed by atoms with Crippen molar-refractivity contribution in [2.75, 3.05) is 26.2 Å². The van der Waals surface area contributed by atoms with Gasteiger partial charge in [-0.15, -0.1) is 0 Å². The number of benzene rings is 2. The lowest BCUT2D eigenvalue weighted by atomic mass is 10.1. The summed E-state index contributed by atoms with van der Waals surface area (Å²) in [5.41, 5.74) is -0.252. The summed E-state index contributed by atoms with van der Waals surface area (Å²) in [4.78, 5) is 1.90. The first-order valence-electron chi connectivity index (χ1n) is 11.7. The summed E-state index contributed by atoms with van der Waals surface area (Å²) in [6.07, 6.45) is -3.26. The van der Waals surface area contributed by atoms with Crippen LogP contribution in [0.3, 0.4) is 0 Å². The Kier molecular flexibility index (Phi) is 10.4. The van der Waals surface area contributed by atoms with E-state index in [1.54, 1.807) is 24.3 Å². The van der Waals surface area contributed by atoms with E-state index in [4.69, 9.17) is 4.74 Å². The third-order valence-electron chi connectivity index (χ3n) is 5.82. The van der Waals surface area contributed by atoms with Gasteiger partial charge in [0.25, 0.3) is 0 Å². The molecular weight excluding hydrogens is 465 g/mol. The van der Waals surface area contributed by atoms with Crippen molar-refractivity contribution < 1.29 is 26.3 Å². The van der Waals surface area contributed by atoms with Gasteiger partial charge in [-0.25, -0.2) is 8.42 Å². The summed E-state index contributed by atoms with van der Waals surface area (Å²) >= 11 is 0. The van der Waals surface area contributed by atoms with Gasteiger partial charge >= 0.3 is 6.18 Å². The van der Waals surface area contributed by atoms with Crippen molar-refractivity contribution in [2.45, 2.75) is 64.2 Å². The van der Waals surface area contributed by atoms with Crippen LogP contribution in [0.5, 0.6) is 5.75 Å². The number of sulfonamides is 1. The highest BCUT2D eigenvalue weighted by molar-refractivity contribution is 7.89. The molecule has 0 aliphatic carbocycles. The first kappa shape index (κ1) is 28.1. The van der Waals surface area contributed by atoms with Gasteiger partial charge in [0.05, 0.1) is 17.1 Å². The van der Waals surface area contributed by atoms with Crippen LogP contribution in [-0.2, 0) is 22.7 Å². The maximum atomic E-state index is 13.6. The van der Waals surface area contributed by atoms with Crippen LogP contribution in [-0.4, -0.2) is 49.9 Å². The van der Waals surface area contributed by atoms with Crippen LogP contribution < -0.4 is 4.74 Å². The molecule has 34 heavy (non-hydrogen) atoms. The van der Waals surface area contributed by atoms with Crippen LogP contribution in [0.2, 0.25) is 0 Å². The standard InChI is InChI=1S/C25H35F3N2O3S/c1-5-29(6-2)17-9-10-20(4)30(19-21-13-15-23(16-14-21)33-7-3)34(31,32)24-12-8-11-22(18-24)25(26,27)28/h8,11-16,18,20H,5-7,9-10,17,19H2,1-4H3. The highest BCUT2D eigenvalue weighted by atomic mass is 32.2. The molecule has 1 unspecified atom stereocenters. The Morgan fingerprint density at radius 1 is 1.00 bits per heavy atom. The molecule has 9 heteroatoms. The third-order valence-corrected chi connectivity index (χ3v) is 7.78. The van der Waals surface area contributed by atoms with Crippen molar-refractivity contribution in [3.63, 3.8) is 0 Å². The largest absolute Gasteiger partial charge is 0.494 e. The Bertz CT molecular complexity index is 991. The van der Waals surface area contributed by atoms with Crippen LogP contribution in [0.15, 0.2) is 53.4 Å². The van der Waals surface area contributed by atoms with Gasteiger partial charge in [0.1, 0.15) is 5.75 Å². The molecule has 0 aromatic heterocycles. The second-order valence-corrected chi connectivity index (χ2v) is 10.1. The predicted octanol–water partition coefficient (Wildman–Crippen LogP) is 5.81. The molecule has 0 heterocycles. The molecule has 0 fully saturated rings. The van der Waals surface area contributed by atoms with Crippen LogP contribution >= 0.6 is 0 Å². The van der Waals surface area contributed by atoms with E-state index in [0.717, 1.165) is 43.8 Å². The minimum absolute atomic E-state index is 0.0530. The van der Waals surface area contributed by atoms with E-state index in [0.29, 0.717) is 24.8 Å². The van der Waals surface area contributed by atoms with Crippen molar-refractivity contribution in [1.82, 2.24) is 9.21 Å². The summed E-state index contributed by atoms with van der Waals surface area (Å²) in [7, 11) is -4.17. The summed E-state index contributed by atoms with van der Waals surface area (Å²) in [6.45, 7) is 11.0. The van der Waals surface area contributed by atoms with Gasteiger partial charge in [0.15, 0.2) is 0 Å². The van der Waals surface area contributed by atoms with Crippen molar-refractivity contribution >= 4 is 10.0 Å². The van der Waals surface area contributed by atoms with Gasteiger partial charge in [-0.1, -0.05) is 32.0 Å². The van der Waals surface area contributed by atoms with E-state index in [2.05, 4.69) is 18.7 Å². The zero-order valence-electron chi connectivity index (χ0n) is 20.3. The fraction of sp³-hybridized carbons (Fsp3) is 0.520. The normalized spacial score (nSPS) is 13.4. The van der Waals surface area contributed by atoms with Gasteiger partial charge in [0.2, 0.25) is 10.0 Å². The maximum absolute atomic E-state index is 13.6. The quantitative estimate of drug-likeness (QED) is 0.349. The van der Waals surface area contributed by atoms with E-state index in [1.165, 1.54) is 10.4 Å². The molecule has 0 aliphatic heterocycles. The molecule has 0 aliphatic rings. The van der Waals surface area contributed by atoms with Crippen LogP contribution in [0.25, 0.3) is 0 Å². The molecular formula is C25H35F3N2O3S. The number of rotatable bonds is 13. The summed E-state index contributed by atoms with van der Waals surface area (Å²) in [5, 5.41) is 0. The van der Waals surface area contributed by atoms with Gasteiger partial charge in [-0.05, 0) is 82.2 Å². The molecule has 0 saturated heterocycles. The number of ether oxygens (including phenoxy) is 1. The van der Waals surface area contributed by atoms with E-state index in [9.17, 15) is 21.6 Å².